The van der Waals surface area contributed by atoms with E-state index in [1.165, 1.54) is 12.8 Å². The molecule has 1 fully saturated rings. The van der Waals surface area contributed by atoms with Gasteiger partial charge >= 0.3 is 0 Å². The summed E-state index contributed by atoms with van der Waals surface area (Å²) in [4.78, 5) is 2.37. The Balaban J connectivity index is 1.98. The van der Waals surface area contributed by atoms with Crippen LogP contribution in [0, 0.1) is 11.3 Å². The quantitative estimate of drug-likeness (QED) is 0.904. The minimum atomic E-state index is -0.411. The topological polar surface area (TPSA) is 39.1 Å². The zero-order valence-corrected chi connectivity index (χ0v) is 12.1. The zero-order chi connectivity index (χ0) is 13.9. The first-order valence-corrected chi connectivity index (χ1v) is 6.98. The molecule has 1 saturated heterocycles. The molecule has 1 aliphatic rings. The molecule has 1 aromatic rings. The van der Waals surface area contributed by atoms with Crippen LogP contribution in [0.5, 0.6) is 0 Å². The van der Waals surface area contributed by atoms with Gasteiger partial charge in [0.2, 0.25) is 0 Å². The Morgan fingerprint density at radius 1 is 1.21 bits per heavy atom. The highest BCUT2D eigenvalue weighted by Gasteiger charge is 2.20. The summed E-state index contributed by atoms with van der Waals surface area (Å²) in [6.45, 7) is 6.23. The number of likely N-dealkylation sites (tertiary alicyclic amines) is 1. The van der Waals surface area contributed by atoms with Crippen molar-refractivity contribution in [3.8, 4) is 6.07 Å². The predicted octanol–water partition coefficient (Wildman–Crippen LogP) is 2.99. The average Bonchev–Trinajstić information content (AvgIpc) is 2.42. The van der Waals surface area contributed by atoms with Crippen molar-refractivity contribution in [1.82, 2.24) is 4.90 Å². The molecule has 3 heteroatoms. The van der Waals surface area contributed by atoms with Crippen LogP contribution in [0.3, 0.4) is 0 Å². The summed E-state index contributed by atoms with van der Waals surface area (Å²) in [7, 11) is 2.18. The molecule has 19 heavy (non-hydrogen) atoms. The lowest BCUT2D eigenvalue weighted by Gasteiger charge is -2.30. The molecule has 0 saturated carbocycles. The number of piperidine rings is 1. The van der Waals surface area contributed by atoms with E-state index in [2.05, 4.69) is 47.6 Å². The van der Waals surface area contributed by atoms with E-state index in [9.17, 15) is 0 Å². The van der Waals surface area contributed by atoms with E-state index in [-0.39, 0.29) is 0 Å². The second kappa shape index (κ2) is 5.63. The Kier molecular flexibility index (Phi) is 4.11. The summed E-state index contributed by atoms with van der Waals surface area (Å²) in [6.07, 6.45) is 2.39. The second-order valence-corrected chi connectivity index (χ2v) is 6.04. The van der Waals surface area contributed by atoms with Gasteiger partial charge in [0.15, 0.2) is 0 Å². The Morgan fingerprint density at radius 3 is 2.32 bits per heavy atom. The Morgan fingerprint density at radius 2 is 1.79 bits per heavy atom. The highest BCUT2D eigenvalue weighted by atomic mass is 15.1. The highest BCUT2D eigenvalue weighted by molar-refractivity contribution is 5.47. The molecule has 1 heterocycles. The van der Waals surface area contributed by atoms with Crippen molar-refractivity contribution in [2.45, 2.75) is 38.1 Å². The molecule has 1 aliphatic heterocycles. The molecule has 0 spiro atoms. The molecule has 0 atom stereocenters. The van der Waals surface area contributed by atoms with Gasteiger partial charge in [-0.05, 0) is 64.5 Å². The highest BCUT2D eigenvalue weighted by Crippen LogP contribution is 2.24. The fourth-order valence-electron chi connectivity index (χ4n) is 2.44. The largest absolute Gasteiger partial charge is 0.382 e. The van der Waals surface area contributed by atoms with E-state index < -0.39 is 5.41 Å². The molecule has 2 rings (SSSR count). The van der Waals surface area contributed by atoms with E-state index in [1.54, 1.807) is 0 Å². The van der Waals surface area contributed by atoms with Crippen LogP contribution >= 0.6 is 0 Å². The first-order chi connectivity index (χ1) is 9.01. The lowest BCUT2D eigenvalue weighted by molar-refractivity contribution is 0.264. The minimum Gasteiger partial charge on any atom is -0.382 e. The normalized spacial score (nSPS) is 18.0. The third kappa shape index (κ3) is 3.48. The number of hydrogen-bond acceptors (Lipinski definition) is 3. The van der Waals surface area contributed by atoms with Crippen LogP contribution in [0.25, 0.3) is 0 Å². The fourth-order valence-corrected chi connectivity index (χ4v) is 2.44. The van der Waals surface area contributed by atoms with Crippen LogP contribution in [0.15, 0.2) is 24.3 Å². The molecule has 1 N–H and O–H groups in total. The Hall–Kier alpha value is -1.53. The third-order valence-electron chi connectivity index (χ3n) is 3.98. The first kappa shape index (κ1) is 13.9. The van der Waals surface area contributed by atoms with Gasteiger partial charge in [0, 0.05) is 11.7 Å². The maximum Gasteiger partial charge on any atom is 0.0766 e. The molecule has 0 unspecified atom stereocenters. The molecule has 1 aromatic carbocycles. The summed E-state index contributed by atoms with van der Waals surface area (Å²) >= 11 is 0. The van der Waals surface area contributed by atoms with Crippen LogP contribution in [-0.4, -0.2) is 31.1 Å². The number of anilines is 1. The molecule has 0 aliphatic carbocycles. The molecule has 0 aromatic heterocycles. The van der Waals surface area contributed by atoms with E-state index in [0.29, 0.717) is 6.04 Å². The standard InChI is InChI=1S/C16H23N3/c1-16(2,12-17)13-4-6-14(7-5-13)18-15-8-10-19(3)11-9-15/h4-7,15,18H,8-11H2,1-3H3. The molecular weight excluding hydrogens is 234 g/mol. The van der Waals surface area contributed by atoms with E-state index in [1.807, 2.05) is 13.8 Å². The van der Waals surface area contributed by atoms with Crippen molar-refractivity contribution in [3.63, 3.8) is 0 Å². The summed E-state index contributed by atoms with van der Waals surface area (Å²) < 4.78 is 0. The van der Waals surface area contributed by atoms with Gasteiger partial charge in [0.05, 0.1) is 11.5 Å². The van der Waals surface area contributed by atoms with Crippen molar-refractivity contribution in [2.24, 2.45) is 0 Å². The number of nitrogens with one attached hydrogen (secondary N) is 1. The van der Waals surface area contributed by atoms with Crippen LogP contribution in [0.2, 0.25) is 0 Å². The Labute approximate surface area is 116 Å². The summed E-state index contributed by atoms with van der Waals surface area (Å²) in [6, 6.07) is 11.2. The lowest BCUT2D eigenvalue weighted by Crippen LogP contribution is -2.36. The molecule has 102 valence electrons. The van der Waals surface area contributed by atoms with E-state index in [4.69, 9.17) is 5.26 Å². The van der Waals surface area contributed by atoms with Gasteiger partial charge in [0.1, 0.15) is 0 Å². The van der Waals surface area contributed by atoms with Gasteiger partial charge in [-0.2, -0.15) is 5.26 Å². The maximum absolute atomic E-state index is 9.13. The molecule has 3 nitrogen and oxygen atoms in total. The lowest BCUT2D eigenvalue weighted by atomic mass is 9.86. The van der Waals surface area contributed by atoms with Crippen molar-refractivity contribution < 1.29 is 0 Å². The summed E-state index contributed by atoms with van der Waals surface area (Å²) in [5, 5.41) is 12.7. The molecular formula is C16H23N3. The van der Waals surface area contributed by atoms with Crippen molar-refractivity contribution in [2.75, 3.05) is 25.5 Å². The average molecular weight is 257 g/mol. The number of nitriles is 1. The summed E-state index contributed by atoms with van der Waals surface area (Å²) in [5.41, 5.74) is 1.82. The predicted molar refractivity (Wildman–Crippen MR) is 79.2 cm³/mol. The second-order valence-electron chi connectivity index (χ2n) is 6.04. The maximum atomic E-state index is 9.13. The fraction of sp³-hybridized carbons (Fsp3) is 0.562. The van der Waals surface area contributed by atoms with Gasteiger partial charge in [0.25, 0.3) is 0 Å². The minimum absolute atomic E-state index is 0.411. The van der Waals surface area contributed by atoms with Gasteiger partial charge in [-0.1, -0.05) is 12.1 Å². The zero-order valence-electron chi connectivity index (χ0n) is 12.1. The van der Waals surface area contributed by atoms with E-state index in [0.717, 1.165) is 24.3 Å². The van der Waals surface area contributed by atoms with Gasteiger partial charge < -0.3 is 10.2 Å². The monoisotopic (exact) mass is 257 g/mol. The number of rotatable bonds is 3. The smallest absolute Gasteiger partial charge is 0.0766 e. The van der Waals surface area contributed by atoms with Crippen molar-refractivity contribution >= 4 is 5.69 Å². The number of nitrogens with zero attached hydrogens (tertiary/aromatic N) is 2. The van der Waals surface area contributed by atoms with Crippen LogP contribution in [0.4, 0.5) is 5.69 Å². The third-order valence-corrected chi connectivity index (χ3v) is 3.98. The molecule has 0 radical (unpaired) electrons. The summed E-state index contributed by atoms with van der Waals surface area (Å²) in [5.74, 6) is 0. The Bertz CT molecular complexity index is 448. The van der Waals surface area contributed by atoms with Crippen molar-refractivity contribution in [3.05, 3.63) is 29.8 Å². The molecule has 0 amide bonds. The van der Waals surface area contributed by atoms with Gasteiger partial charge in [-0.25, -0.2) is 0 Å². The number of hydrogen-bond donors (Lipinski definition) is 1. The van der Waals surface area contributed by atoms with Crippen LogP contribution in [-0.2, 0) is 5.41 Å². The van der Waals surface area contributed by atoms with Crippen molar-refractivity contribution in [1.29, 1.82) is 5.26 Å². The van der Waals surface area contributed by atoms with Crippen LogP contribution < -0.4 is 5.32 Å². The SMILES string of the molecule is CN1CCC(Nc2ccc(C(C)(C)C#N)cc2)CC1. The van der Waals surface area contributed by atoms with Gasteiger partial charge in [-0.15, -0.1) is 0 Å². The first-order valence-electron chi connectivity index (χ1n) is 6.98. The van der Waals surface area contributed by atoms with Crippen LogP contribution in [0.1, 0.15) is 32.3 Å². The van der Waals surface area contributed by atoms with Gasteiger partial charge in [-0.3, -0.25) is 0 Å². The van der Waals surface area contributed by atoms with E-state index >= 15 is 0 Å². The molecule has 0 bridgehead atoms. The number of benzene rings is 1.